The van der Waals surface area contributed by atoms with Crippen LogP contribution in [-0.2, 0) is 6.54 Å². The predicted molar refractivity (Wildman–Crippen MR) is 89.7 cm³/mol. The molecule has 2 nitrogen and oxygen atoms in total. The van der Waals surface area contributed by atoms with E-state index in [-0.39, 0.29) is 0 Å². The fraction of sp³-hybridized carbons (Fsp3) is 0.231. The molecule has 2 rings (SSSR count). The van der Waals surface area contributed by atoms with Crippen LogP contribution >= 0.6 is 54.8 Å². The van der Waals surface area contributed by atoms with Gasteiger partial charge in [-0.1, -0.05) is 11.6 Å². The Morgan fingerprint density at radius 3 is 2.74 bits per heavy atom. The standard InChI is InChI=1S/C13H12Br2ClNOS/c1-2-18-13-10(14)4-9(16)5-11(13)17-6-8-3-12(15)19-7-8/h3-5,7,17H,2,6H2,1H3. The molecule has 1 N–H and O–H groups in total. The Hall–Kier alpha value is -0.230. The first-order valence-electron chi connectivity index (χ1n) is 5.68. The molecule has 0 amide bonds. The van der Waals surface area contributed by atoms with Crippen LogP contribution in [0.4, 0.5) is 5.69 Å². The van der Waals surface area contributed by atoms with E-state index >= 15 is 0 Å². The molecule has 6 heteroatoms. The van der Waals surface area contributed by atoms with Crippen LogP contribution in [0.3, 0.4) is 0 Å². The van der Waals surface area contributed by atoms with Crippen molar-refractivity contribution in [3.05, 3.63) is 42.4 Å². The summed E-state index contributed by atoms with van der Waals surface area (Å²) in [5.41, 5.74) is 2.11. The molecule has 0 atom stereocenters. The van der Waals surface area contributed by atoms with Gasteiger partial charge in [-0.2, -0.15) is 0 Å². The highest BCUT2D eigenvalue weighted by Gasteiger charge is 2.10. The van der Waals surface area contributed by atoms with E-state index in [1.807, 2.05) is 19.1 Å². The molecule has 102 valence electrons. The molecule has 0 aliphatic rings. The lowest BCUT2D eigenvalue weighted by atomic mass is 10.2. The van der Waals surface area contributed by atoms with Crippen molar-refractivity contribution in [1.82, 2.24) is 0 Å². The van der Waals surface area contributed by atoms with Gasteiger partial charge in [0.2, 0.25) is 0 Å². The van der Waals surface area contributed by atoms with Crippen LogP contribution in [0.15, 0.2) is 31.8 Å². The van der Waals surface area contributed by atoms with Crippen LogP contribution in [0.1, 0.15) is 12.5 Å². The maximum absolute atomic E-state index is 6.08. The van der Waals surface area contributed by atoms with Gasteiger partial charge in [-0.25, -0.2) is 0 Å². The molecular weight excluding hydrogens is 413 g/mol. The molecule has 1 aromatic carbocycles. The minimum atomic E-state index is 0.610. The highest BCUT2D eigenvalue weighted by molar-refractivity contribution is 9.11. The summed E-state index contributed by atoms with van der Waals surface area (Å²) < 4.78 is 7.63. The fourth-order valence-corrected chi connectivity index (χ4v) is 3.75. The van der Waals surface area contributed by atoms with Crippen LogP contribution in [0, 0.1) is 0 Å². The van der Waals surface area contributed by atoms with Gasteiger partial charge in [0.1, 0.15) is 0 Å². The second kappa shape index (κ2) is 6.97. The zero-order chi connectivity index (χ0) is 13.8. The third-order valence-corrected chi connectivity index (χ3v) is 4.76. The molecule has 1 aromatic heterocycles. The molecule has 0 aliphatic carbocycles. The number of benzene rings is 1. The average molecular weight is 426 g/mol. The monoisotopic (exact) mass is 423 g/mol. The van der Waals surface area contributed by atoms with Crippen LogP contribution in [0.25, 0.3) is 0 Å². The van der Waals surface area contributed by atoms with Crippen LogP contribution in [-0.4, -0.2) is 6.61 Å². The van der Waals surface area contributed by atoms with Gasteiger partial charge >= 0.3 is 0 Å². The van der Waals surface area contributed by atoms with E-state index in [0.29, 0.717) is 11.6 Å². The molecule has 0 aliphatic heterocycles. The van der Waals surface area contributed by atoms with Crippen molar-refractivity contribution in [2.24, 2.45) is 0 Å². The van der Waals surface area contributed by atoms with Crippen molar-refractivity contribution < 1.29 is 4.74 Å². The van der Waals surface area contributed by atoms with Crippen LogP contribution < -0.4 is 10.1 Å². The second-order valence-electron chi connectivity index (χ2n) is 3.81. The number of hydrogen-bond acceptors (Lipinski definition) is 3. The summed E-state index contributed by atoms with van der Waals surface area (Å²) in [6.07, 6.45) is 0. The number of thiophene rings is 1. The van der Waals surface area contributed by atoms with Gasteiger partial charge < -0.3 is 10.1 Å². The number of nitrogens with one attached hydrogen (secondary N) is 1. The number of hydrogen-bond donors (Lipinski definition) is 1. The molecule has 0 saturated heterocycles. The average Bonchev–Trinajstić information content (AvgIpc) is 2.76. The summed E-state index contributed by atoms with van der Waals surface area (Å²) in [6, 6.07) is 5.80. The largest absolute Gasteiger partial charge is 0.491 e. The van der Waals surface area contributed by atoms with Gasteiger partial charge in [0.25, 0.3) is 0 Å². The lowest BCUT2D eigenvalue weighted by Crippen LogP contribution is -2.02. The SMILES string of the molecule is CCOc1c(Br)cc(Cl)cc1NCc1csc(Br)c1. The fourth-order valence-electron chi connectivity index (χ4n) is 1.62. The number of rotatable bonds is 5. The van der Waals surface area contributed by atoms with Crippen molar-refractivity contribution in [3.63, 3.8) is 0 Å². The smallest absolute Gasteiger partial charge is 0.156 e. The van der Waals surface area contributed by atoms with E-state index in [0.717, 1.165) is 26.2 Å². The molecular formula is C13H12Br2ClNOS. The third kappa shape index (κ3) is 4.12. The van der Waals surface area contributed by atoms with E-state index < -0.39 is 0 Å². The van der Waals surface area contributed by atoms with E-state index in [1.54, 1.807) is 11.3 Å². The summed E-state index contributed by atoms with van der Waals surface area (Å²) in [5, 5.41) is 6.13. The molecule has 1 heterocycles. The number of anilines is 1. The molecule has 2 aromatic rings. The Labute approximate surface area is 138 Å². The van der Waals surface area contributed by atoms with Gasteiger partial charge in [0.15, 0.2) is 5.75 Å². The summed E-state index contributed by atoms with van der Waals surface area (Å²) in [6.45, 7) is 3.30. The minimum absolute atomic E-state index is 0.610. The Morgan fingerprint density at radius 2 is 2.11 bits per heavy atom. The van der Waals surface area contributed by atoms with Gasteiger partial charge in [0.05, 0.1) is 20.6 Å². The molecule has 0 radical (unpaired) electrons. The highest BCUT2D eigenvalue weighted by atomic mass is 79.9. The molecule has 0 bridgehead atoms. The quantitative estimate of drug-likeness (QED) is 0.640. The summed E-state index contributed by atoms with van der Waals surface area (Å²) in [5.74, 6) is 0.793. The van der Waals surface area contributed by atoms with Gasteiger partial charge in [-0.15, -0.1) is 11.3 Å². The topological polar surface area (TPSA) is 21.3 Å². The van der Waals surface area contributed by atoms with Crippen LogP contribution in [0.2, 0.25) is 5.02 Å². The van der Waals surface area contributed by atoms with Crippen molar-refractivity contribution in [2.45, 2.75) is 13.5 Å². The number of ether oxygens (including phenoxy) is 1. The van der Waals surface area contributed by atoms with Gasteiger partial charge in [-0.05, 0) is 67.9 Å². The zero-order valence-electron chi connectivity index (χ0n) is 10.2. The molecule has 0 saturated carbocycles. The molecule has 0 fully saturated rings. The lowest BCUT2D eigenvalue weighted by molar-refractivity contribution is 0.339. The normalized spacial score (nSPS) is 10.5. The van der Waals surface area contributed by atoms with Gasteiger partial charge in [-0.3, -0.25) is 0 Å². The van der Waals surface area contributed by atoms with E-state index in [9.17, 15) is 0 Å². The lowest BCUT2D eigenvalue weighted by Gasteiger charge is -2.14. The first-order chi connectivity index (χ1) is 9.10. The molecule has 19 heavy (non-hydrogen) atoms. The summed E-state index contributed by atoms with van der Waals surface area (Å²) in [4.78, 5) is 0. The molecule has 0 unspecified atom stereocenters. The minimum Gasteiger partial charge on any atom is -0.491 e. The Bertz CT molecular complexity index is 574. The van der Waals surface area contributed by atoms with Crippen molar-refractivity contribution >= 4 is 60.5 Å². The van der Waals surface area contributed by atoms with E-state index in [1.165, 1.54) is 5.56 Å². The highest BCUT2D eigenvalue weighted by Crippen LogP contribution is 2.37. The van der Waals surface area contributed by atoms with Crippen molar-refractivity contribution in [2.75, 3.05) is 11.9 Å². The molecule has 0 spiro atoms. The Kier molecular flexibility index (Phi) is 5.57. The Morgan fingerprint density at radius 1 is 1.32 bits per heavy atom. The van der Waals surface area contributed by atoms with Crippen molar-refractivity contribution in [1.29, 1.82) is 0 Å². The third-order valence-electron chi connectivity index (χ3n) is 2.40. The second-order valence-corrected chi connectivity index (χ2v) is 7.39. The predicted octanol–water partition coefficient (Wildman–Crippen LogP) is 5.94. The number of halogens is 3. The first-order valence-corrected chi connectivity index (χ1v) is 8.53. The van der Waals surface area contributed by atoms with Gasteiger partial charge in [0, 0.05) is 11.6 Å². The zero-order valence-corrected chi connectivity index (χ0v) is 14.9. The maximum atomic E-state index is 6.08. The van der Waals surface area contributed by atoms with Crippen LogP contribution in [0.5, 0.6) is 5.75 Å². The van der Waals surface area contributed by atoms with E-state index in [4.69, 9.17) is 16.3 Å². The van der Waals surface area contributed by atoms with Crippen molar-refractivity contribution in [3.8, 4) is 5.75 Å². The first kappa shape index (κ1) is 15.2. The summed E-state index contributed by atoms with van der Waals surface area (Å²) >= 11 is 14.7. The summed E-state index contributed by atoms with van der Waals surface area (Å²) in [7, 11) is 0. The van der Waals surface area contributed by atoms with E-state index in [2.05, 4.69) is 48.6 Å². The Balaban J connectivity index is 2.18. The maximum Gasteiger partial charge on any atom is 0.156 e.